The monoisotopic (exact) mass is 248 g/mol. The molecule has 0 unspecified atom stereocenters. The number of amides is 2. The summed E-state index contributed by atoms with van der Waals surface area (Å²) in [5, 5.41) is 5.36. The lowest BCUT2D eigenvalue weighted by molar-refractivity contribution is -0.132. The summed E-state index contributed by atoms with van der Waals surface area (Å²) in [5.41, 5.74) is 0.909. The van der Waals surface area contributed by atoms with Crippen LogP contribution in [0.2, 0.25) is 0 Å². The van der Waals surface area contributed by atoms with Crippen LogP contribution in [0.25, 0.3) is 6.08 Å². The predicted octanol–water partition coefficient (Wildman–Crippen LogP) is 0.411. The normalized spacial score (nSPS) is 23.7. The highest BCUT2D eigenvalue weighted by Crippen LogP contribution is 2.13. The van der Waals surface area contributed by atoms with Crippen LogP contribution in [0, 0.1) is 5.92 Å². The van der Waals surface area contributed by atoms with Crippen LogP contribution < -0.4 is 10.6 Å². The van der Waals surface area contributed by atoms with Crippen molar-refractivity contribution < 1.29 is 9.59 Å². The highest BCUT2D eigenvalue weighted by molar-refractivity contribution is 6.07. The zero-order valence-electron chi connectivity index (χ0n) is 10.4. The molecule has 0 aliphatic carbocycles. The van der Waals surface area contributed by atoms with Crippen LogP contribution >= 0.6 is 0 Å². The summed E-state index contributed by atoms with van der Waals surface area (Å²) in [5.74, 6) is -0.327. The number of hydrogen-bond acceptors (Lipinski definition) is 3. The SMILES string of the molecule is CC[C@H](C)[C@H]1NC(=O)/C(=C/c2cnc[nH]2)NC1=O. The van der Waals surface area contributed by atoms with Crippen LogP contribution in [0.5, 0.6) is 0 Å². The molecule has 1 aromatic rings. The summed E-state index contributed by atoms with van der Waals surface area (Å²) >= 11 is 0. The van der Waals surface area contributed by atoms with Crippen LogP contribution in [0.3, 0.4) is 0 Å². The van der Waals surface area contributed by atoms with E-state index in [-0.39, 0.29) is 23.4 Å². The molecule has 18 heavy (non-hydrogen) atoms. The first kappa shape index (κ1) is 12.3. The highest BCUT2D eigenvalue weighted by Gasteiger charge is 2.32. The maximum atomic E-state index is 11.9. The molecule has 96 valence electrons. The van der Waals surface area contributed by atoms with E-state index in [0.717, 1.165) is 6.42 Å². The molecular weight excluding hydrogens is 232 g/mol. The maximum absolute atomic E-state index is 11.9. The molecule has 1 aromatic heterocycles. The zero-order valence-corrected chi connectivity index (χ0v) is 10.4. The number of carbonyl (C=O) groups excluding carboxylic acids is 2. The van der Waals surface area contributed by atoms with Gasteiger partial charge in [-0.25, -0.2) is 4.98 Å². The molecule has 1 aliphatic heterocycles. The fourth-order valence-electron chi connectivity index (χ4n) is 1.79. The highest BCUT2D eigenvalue weighted by atomic mass is 16.2. The first-order chi connectivity index (χ1) is 8.61. The van der Waals surface area contributed by atoms with Crippen molar-refractivity contribution in [1.29, 1.82) is 0 Å². The number of nitrogens with one attached hydrogen (secondary N) is 3. The molecule has 2 amide bonds. The minimum absolute atomic E-state index is 0.114. The lowest BCUT2D eigenvalue weighted by Gasteiger charge is -2.28. The molecular formula is C12H16N4O2. The molecule has 1 saturated heterocycles. The first-order valence-corrected chi connectivity index (χ1v) is 5.93. The molecule has 1 fully saturated rings. The van der Waals surface area contributed by atoms with E-state index in [9.17, 15) is 9.59 Å². The fourth-order valence-corrected chi connectivity index (χ4v) is 1.79. The van der Waals surface area contributed by atoms with E-state index in [1.807, 2.05) is 13.8 Å². The summed E-state index contributed by atoms with van der Waals surface area (Å²) < 4.78 is 0. The third-order valence-corrected chi connectivity index (χ3v) is 3.10. The van der Waals surface area contributed by atoms with Crippen molar-refractivity contribution in [3.8, 4) is 0 Å². The Balaban J connectivity index is 2.15. The number of carbonyl (C=O) groups is 2. The van der Waals surface area contributed by atoms with Crippen molar-refractivity contribution in [2.75, 3.05) is 0 Å². The molecule has 6 heteroatoms. The molecule has 2 heterocycles. The fraction of sp³-hybridized carbons (Fsp3) is 0.417. The van der Waals surface area contributed by atoms with Crippen molar-refractivity contribution in [2.45, 2.75) is 26.3 Å². The van der Waals surface area contributed by atoms with Crippen molar-refractivity contribution in [2.24, 2.45) is 5.92 Å². The van der Waals surface area contributed by atoms with Crippen LogP contribution in [0.15, 0.2) is 18.2 Å². The van der Waals surface area contributed by atoms with Gasteiger partial charge in [-0.05, 0) is 12.0 Å². The molecule has 1 aliphatic rings. The van der Waals surface area contributed by atoms with Crippen molar-refractivity contribution in [3.05, 3.63) is 23.9 Å². The second-order valence-electron chi connectivity index (χ2n) is 4.39. The van der Waals surface area contributed by atoms with Gasteiger partial charge in [0.15, 0.2) is 0 Å². The summed E-state index contributed by atoms with van der Waals surface area (Å²) in [6, 6.07) is -0.457. The van der Waals surface area contributed by atoms with Gasteiger partial charge in [0.25, 0.3) is 5.91 Å². The number of piperazine rings is 1. The van der Waals surface area contributed by atoms with E-state index in [1.54, 1.807) is 12.3 Å². The Morgan fingerprint density at radius 2 is 2.28 bits per heavy atom. The third kappa shape index (κ3) is 2.42. The minimum Gasteiger partial charge on any atom is -0.345 e. The van der Waals surface area contributed by atoms with Gasteiger partial charge in [-0.1, -0.05) is 20.3 Å². The Bertz CT molecular complexity index is 478. The number of aromatic amines is 1. The lowest BCUT2D eigenvalue weighted by atomic mass is 9.96. The summed E-state index contributed by atoms with van der Waals surface area (Å²) in [4.78, 5) is 30.4. The van der Waals surface area contributed by atoms with Crippen LogP contribution in [-0.4, -0.2) is 27.8 Å². The topological polar surface area (TPSA) is 86.9 Å². The number of rotatable bonds is 3. The molecule has 2 rings (SSSR count). The number of H-pyrrole nitrogens is 1. The van der Waals surface area contributed by atoms with Gasteiger partial charge in [-0.3, -0.25) is 9.59 Å². The second-order valence-corrected chi connectivity index (χ2v) is 4.39. The van der Waals surface area contributed by atoms with E-state index in [2.05, 4.69) is 20.6 Å². The molecule has 0 spiro atoms. The average molecular weight is 248 g/mol. The predicted molar refractivity (Wildman–Crippen MR) is 66.1 cm³/mol. The second kappa shape index (κ2) is 5.03. The Kier molecular flexibility index (Phi) is 3.45. The van der Waals surface area contributed by atoms with E-state index >= 15 is 0 Å². The standard InChI is InChI=1S/C12H16N4O2/c1-3-7(2)10-12(18)15-9(11(17)16-10)4-8-5-13-6-14-8/h4-7,10H,3H2,1-2H3,(H,13,14)(H,15,18)(H,16,17)/b9-4-/t7-,10+/m0/s1. The summed E-state index contributed by atoms with van der Waals surface area (Å²) in [6.07, 6.45) is 5.48. The molecule has 0 saturated carbocycles. The number of aromatic nitrogens is 2. The van der Waals surface area contributed by atoms with Crippen molar-refractivity contribution in [1.82, 2.24) is 20.6 Å². The lowest BCUT2D eigenvalue weighted by Crippen LogP contribution is -2.57. The number of hydrogen-bond donors (Lipinski definition) is 3. The maximum Gasteiger partial charge on any atom is 0.268 e. The van der Waals surface area contributed by atoms with Crippen LogP contribution in [0.1, 0.15) is 26.0 Å². The Morgan fingerprint density at radius 1 is 1.50 bits per heavy atom. The van der Waals surface area contributed by atoms with Gasteiger partial charge < -0.3 is 15.6 Å². The van der Waals surface area contributed by atoms with Crippen LogP contribution in [-0.2, 0) is 9.59 Å². The molecule has 0 bridgehead atoms. The quantitative estimate of drug-likeness (QED) is 0.677. The number of imidazole rings is 1. The van der Waals surface area contributed by atoms with Crippen molar-refractivity contribution >= 4 is 17.9 Å². The van der Waals surface area contributed by atoms with Gasteiger partial charge in [0.1, 0.15) is 11.7 Å². The van der Waals surface area contributed by atoms with E-state index in [1.165, 1.54) is 6.33 Å². The van der Waals surface area contributed by atoms with E-state index in [4.69, 9.17) is 0 Å². The van der Waals surface area contributed by atoms with Gasteiger partial charge in [-0.2, -0.15) is 0 Å². The summed E-state index contributed by atoms with van der Waals surface area (Å²) in [7, 11) is 0. The zero-order chi connectivity index (χ0) is 13.1. The average Bonchev–Trinajstić information content (AvgIpc) is 2.85. The molecule has 2 atom stereocenters. The Labute approximate surface area is 105 Å². The third-order valence-electron chi connectivity index (χ3n) is 3.10. The molecule has 3 N–H and O–H groups in total. The van der Waals surface area contributed by atoms with Gasteiger partial charge in [0.05, 0.1) is 18.2 Å². The number of nitrogens with zero attached hydrogens (tertiary/aromatic N) is 1. The molecule has 0 radical (unpaired) electrons. The molecule has 6 nitrogen and oxygen atoms in total. The van der Waals surface area contributed by atoms with E-state index in [0.29, 0.717) is 5.69 Å². The smallest absolute Gasteiger partial charge is 0.268 e. The van der Waals surface area contributed by atoms with Gasteiger partial charge >= 0.3 is 0 Å². The largest absolute Gasteiger partial charge is 0.345 e. The summed E-state index contributed by atoms with van der Waals surface area (Å²) in [6.45, 7) is 3.92. The first-order valence-electron chi connectivity index (χ1n) is 5.93. The Hall–Kier alpha value is -2.11. The van der Waals surface area contributed by atoms with E-state index < -0.39 is 6.04 Å². The van der Waals surface area contributed by atoms with Crippen molar-refractivity contribution in [3.63, 3.8) is 0 Å². The Morgan fingerprint density at radius 3 is 2.89 bits per heavy atom. The van der Waals surface area contributed by atoms with Gasteiger partial charge in [-0.15, -0.1) is 0 Å². The minimum atomic E-state index is -0.457. The molecule has 0 aromatic carbocycles. The van der Waals surface area contributed by atoms with Gasteiger partial charge in [0.2, 0.25) is 5.91 Å². The van der Waals surface area contributed by atoms with Crippen LogP contribution in [0.4, 0.5) is 0 Å². The van der Waals surface area contributed by atoms with Gasteiger partial charge in [0, 0.05) is 0 Å².